The number of halogens is 1. The second kappa shape index (κ2) is 8.86. The van der Waals surface area contributed by atoms with E-state index in [1.54, 1.807) is 12.1 Å². The molecule has 0 aliphatic rings. The van der Waals surface area contributed by atoms with Gasteiger partial charge < -0.3 is 24.2 Å². The molecule has 2 aromatic rings. The Bertz CT molecular complexity index is 779. The van der Waals surface area contributed by atoms with Gasteiger partial charge in [0.2, 0.25) is 0 Å². The summed E-state index contributed by atoms with van der Waals surface area (Å²) < 4.78 is 38.0. The standard InChI is InChI=1S/C12H10ClNO6S.2Li/c13-9-5-10(14-6-7-2-1-3-20-7)8(12(15)16)4-11(9)21(17,18)19;;/h1-5,14H,6H2,(H,15,16)(H,17,18,19);;/q;2*+1/p-2. The SMILES string of the molecule is O=C([O-])c1cc(S(=O)(=O)[O-])c(Cl)cc1NCc1ccco1.[Li+].[Li+]. The fraction of sp³-hybridized carbons (Fsp3) is 0.0833. The maximum atomic E-state index is 11.1. The quantitative estimate of drug-likeness (QED) is 0.425. The molecule has 112 valence electrons. The van der Waals surface area contributed by atoms with Crippen LogP contribution in [0.25, 0.3) is 0 Å². The summed E-state index contributed by atoms with van der Waals surface area (Å²) in [5.41, 5.74) is -0.468. The summed E-state index contributed by atoms with van der Waals surface area (Å²) in [5.74, 6) is -1.12. The molecule has 0 fully saturated rings. The Morgan fingerprint density at radius 2 is 1.96 bits per heavy atom. The van der Waals surface area contributed by atoms with Crippen LogP contribution in [-0.4, -0.2) is 18.9 Å². The average Bonchev–Trinajstić information content (AvgIpc) is 2.87. The normalized spacial score (nSPS) is 10.3. The summed E-state index contributed by atoms with van der Waals surface area (Å²) in [7, 11) is -4.88. The molecule has 0 saturated heterocycles. The first-order valence-electron chi connectivity index (χ1n) is 5.56. The van der Waals surface area contributed by atoms with Crippen molar-refractivity contribution in [3.8, 4) is 0 Å². The van der Waals surface area contributed by atoms with Crippen LogP contribution in [0.4, 0.5) is 5.69 Å². The number of carbonyl (C=O) groups is 1. The summed E-state index contributed by atoms with van der Waals surface area (Å²) in [4.78, 5) is 10.2. The molecule has 0 unspecified atom stereocenters. The Labute approximate surface area is 161 Å². The number of anilines is 1. The van der Waals surface area contributed by atoms with Crippen LogP contribution in [0.3, 0.4) is 0 Å². The number of hydrogen-bond donors (Lipinski definition) is 1. The van der Waals surface area contributed by atoms with Crippen molar-refractivity contribution < 1.29 is 65.0 Å². The van der Waals surface area contributed by atoms with Gasteiger partial charge in [0.1, 0.15) is 15.9 Å². The van der Waals surface area contributed by atoms with Crippen molar-refractivity contribution in [3.63, 3.8) is 0 Å². The number of furan rings is 1. The molecule has 1 N–H and O–H groups in total. The van der Waals surface area contributed by atoms with Crippen LogP contribution >= 0.6 is 11.6 Å². The van der Waals surface area contributed by atoms with Gasteiger partial charge in [-0.15, -0.1) is 0 Å². The molecule has 0 bridgehead atoms. The number of hydrogen-bond acceptors (Lipinski definition) is 7. The molecular weight excluding hydrogens is 336 g/mol. The van der Waals surface area contributed by atoms with Gasteiger partial charge in [0.25, 0.3) is 0 Å². The minimum absolute atomic E-state index is 0. The third-order valence-electron chi connectivity index (χ3n) is 2.59. The number of carboxylic acids is 1. The molecule has 1 aromatic heterocycles. The number of aromatic carboxylic acids is 1. The molecule has 7 nitrogen and oxygen atoms in total. The van der Waals surface area contributed by atoms with Gasteiger partial charge in [-0.3, -0.25) is 0 Å². The zero-order valence-corrected chi connectivity index (χ0v) is 13.9. The fourth-order valence-corrected chi connectivity index (χ4v) is 2.66. The van der Waals surface area contributed by atoms with Crippen molar-refractivity contribution in [2.24, 2.45) is 0 Å². The number of carbonyl (C=O) groups excluding carboxylic acids is 1. The Morgan fingerprint density at radius 1 is 1.30 bits per heavy atom. The molecule has 1 heterocycles. The first-order valence-corrected chi connectivity index (χ1v) is 7.34. The number of nitrogens with one attached hydrogen (secondary N) is 1. The number of carboxylic acid groups (broad SMARTS) is 1. The first kappa shape index (κ1) is 22.2. The molecule has 0 amide bonds. The van der Waals surface area contributed by atoms with E-state index in [0.29, 0.717) is 11.8 Å². The molecule has 11 heteroatoms. The molecule has 23 heavy (non-hydrogen) atoms. The van der Waals surface area contributed by atoms with Gasteiger partial charge in [-0.25, -0.2) is 8.42 Å². The summed E-state index contributed by atoms with van der Waals surface area (Å²) in [6.45, 7) is 0.146. The van der Waals surface area contributed by atoms with Crippen LogP contribution in [0, 0.1) is 0 Å². The Balaban J connectivity index is 0.00000242. The van der Waals surface area contributed by atoms with Crippen LogP contribution in [0.5, 0.6) is 0 Å². The monoisotopic (exact) mass is 343 g/mol. The van der Waals surface area contributed by atoms with Gasteiger partial charge in [-0.05, 0) is 24.3 Å². The summed E-state index contributed by atoms with van der Waals surface area (Å²) in [6, 6.07) is 5.02. The smallest absolute Gasteiger partial charge is 0.744 e. The predicted octanol–water partition coefficient (Wildman–Crippen LogP) is -5.18. The van der Waals surface area contributed by atoms with Gasteiger partial charge in [0, 0.05) is 11.3 Å². The van der Waals surface area contributed by atoms with Crippen molar-refractivity contribution >= 4 is 33.4 Å². The molecule has 0 saturated carbocycles. The molecule has 0 spiro atoms. The van der Waals surface area contributed by atoms with E-state index in [4.69, 9.17) is 16.0 Å². The molecule has 0 aliphatic heterocycles. The van der Waals surface area contributed by atoms with Crippen molar-refractivity contribution in [3.05, 3.63) is 46.9 Å². The van der Waals surface area contributed by atoms with Crippen molar-refractivity contribution in [1.82, 2.24) is 0 Å². The summed E-state index contributed by atoms with van der Waals surface area (Å²) in [5, 5.41) is 13.4. The van der Waals surface area contributed by atoms with E-state index in [1.807, 2.05) is 0 Å². The zero-order chi connectivity index (χ0) is 15.6. The minimum atomic E-state index is -4.88. The Morgan fingerprint density at radius 3 is 2.43 bits per heavy atom. The van der Waals surface area contributed by atoms with E-state index in [9.17, 15) is 22.9 Å². The number of benzene rings is 1. The van der Waals surface area contributed by atoms with Crippen LogP contribution in [0.2, 0.25) is 5.02 Å². The van der Waals surface area contributed by atoms with Gasteiger partial charge in [0.15, 0.2) is 0 Å². The van der Waals surface area contributed by atoms with Crippen LogP contribution < -0.4 is 48.1 Å². The first-order chi connectivity index (χ1) is 9.79. The van der Waals surface area contributed by atoms with Gasteiger partial charge in [0.05, 0.1) is 28.7 Å². The molecule has 0 aliphatic carbocycles. The van der Waals surface area contributed by atoms with Gasteiger partial charge in [-0.1, -0.05) is 11.6 Å². The number of rotatable bonds is 5. The maximum Gasteiger partial charge on any atom is 1.00 e. The topological polar surface area (TPSA) is 122 Å². The predicted molar refractivity (Wildman–Crippen MR) is 69.8 cm³/mol. The van der Waals surface area contributed by atoms with E-state index in [-0.39, 0.29) is 55.0 Å². The van der Waals surface area contributed by atoms with Gasteiger partial charge >= 0.3 is 37.7 Å². The molecular formula is C12H8ClLi2NO6S. The van der Waals surface area contributed by atoms with E-state index in [0.717, 1.165) is 6.07 Å². The van der Waals surface area contributed by atoms with E-state index in [1.165, 1.54) is 6.26 Å². The third kappa shape index (κ3) is 5.63. The molecule has 2 rings (SSSR count). The summed E-state index contributed by atoms with van der Waals surface area (Å²) in [6.07, 6.45) is 1.44. The van der Waals surface area contributed by atoms with Crippen molar-refractivity contribution in [2.75, 3.05) is 5.32 Å². The second-order valence-electron chi connectivity index (χ2n) is 4.00. The average molecular weight is 344 g/mol. The van der Waals surface area contributed by atoms with Crippen molar-refractivity contribution in [2.45, 2.75) is 11.4 Å². The third-order valence-corrected chi connectivity index (χ3v) is 3.90. The molecule has 1 aromatic carbocycles. The minimum Gasteiger partial charge on any atom is -0.744 e. The maximum absolute atomic E-state index is 11.1. The Hall–Kier alpha value is -0.835. The van der Waals surface area contributed by atoms with Crippen molar-refractivity contribution in [1.29, 1.82) is 0 Å². The van der Waals surface area contributed by atoms with E-state index in [2.05, 4.69) is 5.32 Å². The summed E-state index contributed by atoms with van der Waals surface area (Å²) >= 11 is 5.70. The van der Waals surface area contributed by atoms with E-state index < -0.39 is 26.5 Å². The van der Waals surface area contributed by atoms with Crippen LogP contribution in [0.1, 0.15) is 16.1 Å². The zero-order valence-electron chi connectivity index (χ0n) is 12.3. The van der Waals surface area contributed by atoms with Gasteiger partial charge in [-0.2, -0.15) is 0 Å². The largest absolute Gasteiger partial charge is 1.00 e. The second-order valence-corrected chi connectivity index (χ2v) is 5.76. The van der Waals surface area contributed by atoms with Crippen LogP contribution in [0.15, 0.2) is 39.8 Å². The van der Waals surface area contributed by atoms with Crippen LogP contribution in [-0.2, 0) is 16.7 Å². The fourth-order valence-electron chi connectivity index (χ4n) is 1.66. The molecule has 0 radical (unpaired) electrons. The molecule has 0 atom stereocenters. The Kier molecular flexibility index (Phi) is 8.54. The van der Waals surface area contributed by atoms with E-state index >= 15 is 0 Å².